The number of rotatable bonds is 12. The number of hydrogen-bond donors (Lipinski definition) is 1. The second-order valence-electron chi connectivity index (χ2n) is 10.2. The van der Waals surface area contributed by atoms with Gasteiger partial charge in [0.1, 0.15) is 18.1 Å². The summed E-state index contributed by atoms with van der Waals surface area (Å²) in [6, 6.07) is 19.6. The van der Waals surface area contributed by atoms with Gasteiger partial charge in [-0.3, -0.25) is 9.59 Å². The highest BCUT2D eigenvalue weighted by Gasteiger charge is 2.46. The molecule has 3 aromatic rings. The van der Waals surface area contributed by atoms with Crippen molar-refractivity contribution in [2.45, 2.75) is 32.9 Å². The quantitative estimate of drug-likeness (QED) is 0.182. The number of hydrogen-bond acceptors (Lipinski definition) is 7. The zero-order valence-electron chi connectivity index (χ0n) is 24.3. The van der Waals surface area contributed by atoms with E-state index in [0.717, 1.165) is 17.7 Å². The van der Waals surface area contributed by atoms with Crippen LogP contribution in [0.4, 0.5) is 0 Å². The summed E-state index contributed by atoms with van der Waals surface area (Å²) in [4.78, 5) is 30.3. The smallest absolute Gasteiger partial charge is 0.295 e. The molecular weight excluding hydrogens is 520 g/mol. The van der Waals surface area contributed by atoms with Gasteiger partial charge >= 0.3 is 0 Å². The van der Waals surface area contributed by atoms with E-state index in [1.165, 1.54) is 4.90 Å². The molecule has 0 aromatic heterocycles. The van der Waals surface area contributed by atoms with E-state index >= 15 is 0 Å². The Morgan fingerprint density at radius 3 is 2.34 bits per heavy atom. The second-order valence-corrected chi connectivity index (χ2v) is 10.2. The normalized spacial score (nSPS) is 16.3. The molecule has 4 rings (SSSR count). The summed E-state index contributed by atoms with van der Waals surface area (Å²) in [7, 11) is 5.46. The second kappa shape index (κ2) is 13.4. The van der Waals surface area contributed by atoms with E-state index in [1.807, 2.05) is 69.2 Å². The number of ketones is 1. The first-order chi connectivity index (χ1) is 19.7. The summed E-state index contributed by atoms with van der Waals surface area (Å²) in [5, 5.41) is 11.5. The molecule has 0 saturated carbocycles. The molecule has 3 aromatic carbocycles. The maximum atomic E-state index is 13.4. The molecule has 1 aliphatic rings. The molecule has 0 radical (unpaired) electrons. The lowest BCUT2D eigenvalue weighted by Crippen LogP contribution is -2.32. The standard InChI is InChI=1S/C33H38N2O6/c1-6-40-27-16-13-24(20-28(27)39-5)30-29(32(37)33(38)35(30)18-10-17-34(3)4)31(36)25-14-15-26(22(2)19-25)41-21-23-11-8-7-9-12-23/h7-9,11-16,19-20,30,36H,6,10,17-18,21H2,1-5H3/b31-29+/t30-/m1/s1. The predicted molar refractivity (Wildman–Crippen MR) is 158 cm³/mol. The van der Waals surface area contributed by atoms with Gasteiger partial charge < -0.3 is 29.1 Å². The molecule has 0 aliphatic carbocycles. The number of aryl methyl sites for hydroxylation is 1. The van der Waals surface area contributed by atoms with E-state index in [-0.39, 0.29) is 11.3 Å². The first kappa shape index (κ1) is 29.7. The van der Waals surface area contributed by atoms with Gasteiger partial charge in [0.05, 0.1) is 25.3 Å². The van der Waals surface area contributed by atoms with Crippen molar-refractivity contribution < 1.29 is 28.9 Å². The third-order valence-corrected chi connectivity index (χ3v) is 7.03. The van der Waals surface area contributed by atoms with E-state index in [0.29, 0.717) is 54.6 Å². The van der Waals surface area contributed by atoms with E-state index in [9.17, 15) is 14.7 Å². The maximum absolute atomic E-state index is 13.4. The SMILES string of the molecule is CCOc1ccc([C@@H]2/C(=C(\O)c3ccc(OCc4ccccc4)c(C)c3)C(=O)C(=O)N2CCCN(C)C)cc1OC. The van der Waals surface area contributed by atoms with Gasteiger partial charge in [-0.2, -0.15) is 0 Å². The number of aliphatic hydroxyl groups excluding tert-OH is 1. The van der Waals surface area contributed by atoms with Crippen LogP contribution < -0.4 is 14.2 Å². The van der Waals surface area contributed by atoms with Crippen LogP contribution in [0.3, 0.4) is 0 Å². The zero-order chi connectivity index (χ0) is 29.5. The van der Waals surface area contributed by atoms with E-state index in [4.69, 9.17) is 14.2 Å². The number of aliphatic hydroxyl groups is 1. The minimum absolute atomic E-state index is 0.0448. The van der Waals surface area contributed by atoms with Crippen LogP contribution in [0.1, 0.15) is 41.6 Å². The molecule has 8 heteroatoms. The van der Waals surface area contributed by atoms with Crippen molar-refractivity contribution in [2.75, 3.05) is 40.9 Å². The Balaban J connectivity index is 1.72. The van der Waals surface area contributed by atoms with Gasteiger partial charge in [0, 0.05) is 12.1 Å². The molecule has 216 valence electrons. The molecule has 0 unspecified atom stereocenters. The molecule has 1 heterocycles. The lowest BCUT2D eigenvalue weighted by atomic mass is 9.94. The molecule has 1 aliphatic heterocycles. The minimum Gasteiger partial charge on any atom is -0.507 e. The van der Waals surface area contributed by atoms with Gasteiger partial charge in [-0.25, -0.2) is 0 Å². The number of likely N-dealkylation sites (tertiary alicyclic amines) is 1. The number of carbonyl (C=O) groups is 2. The fourth-order valence-electron chi connectivity index (χ4n) is 4.99. The van der Waals surface area contributed by atoms with Crippen LogP contribution in [0.5, 0.6) is 17.2 Å². The van der Waals surface area contributed by atoms with Crippen molar-refractivity contribution in [2.24, 2.45) is 0 Å². The molecule has 8 nitrogen and oxygen atoms in total. The van der Waals surface area contributed by atoms with Crippen LogP contribution in [0.15, 0.2) is 72.3 Å². The Kier molecular flexibility index (Phi) is 9.68. The third-order valence-electron chi connectivity index (χ3n) is 7.03. The van der Waals surface area contributed by atoms with Crippen molar-refractivity contribution in [1.82, 2.24) is 9.80 Å². The molecule has 1 fully saturated rings. The summed E-state index contributed by atoms with van der Waals surface area (Å²) >= 11 is 0. The van der Waals surface area contributed by atoms with Crippen LogP contribution in [0.2, 0.25) is 0 Å². The van der Waals surface area contributed by atoms with Crippen LogP contribution in [-0.2, 0) is 16.2 Å². The molecule has 0 spiro atoms. The lowest BCUT2D eigenvalue weighted by molar-refractivity contribution is -0.139. The first-order valence-corrected chi connectivity index (χ1v) is 13.8. The summed E-state index contributed by atoms with van der Waals surface area (Å²) in [6.45, 7) is 5.73. The van der Waals surface area contributed by atoms with Gasteiger partial charge in [-0.15, -0.1) is 0 Å². The number of amides is 1. The molecule has 1 N–H and O–H groups in total. The van der Waals surface area contributed by atoms with Crippen molar-refractivity contribution in [3.63, 3.8) is 0 Å². The Labute approximate surface area is 241 Å². The van der Waals surface area contributed by atoms with Crippen LogP contribution in [-0.4, -0.2) is 67.5 Å². The molecule has 1 amide bonds. The Morgan fingerprint density at radius 1 is 0.951 bits per heavy atom. The highest BCUT2D eigenvalue weighted by molar-refractivity contribution is 6.46. The van der Waals surface area contributed by atoms with E-state index in [2.05, 4.69) is 0 Å². The van der Waals surface area contributed by atoms with Gasteiger partial charge in [0.25, 0.3) is 11.7 Å². The monoisotopic (exact) mass is 558 g/mol. The topological polar surface area (TPSA) is 88.5 Å². The van der Waals surface area contributed by atoms with Crippen LogP contribution in [0.25, 0.3) is 5.76 Å². The van der Waals surface area contributed by atoms with Crippen molar-refractivity contribution >= 4 is 17.4 Å². The Bertz CT molecular complexity index is 1420. The van der Waals surface area contributed by atoms with E-state index in [1.54, 1.807) is 37.4 Å². The highest BCUT2D eigenvalue weighted by atomic mass is 16.5. The first-order valence-electron chi connectivity index (χ1n) is 13.8. The largest absolute Gasteiger partial charge is 0.507 e. The fourth-order valence-corrected chi connectivity index (χ4v) is 4.99. The number of carbonyl (C=O) groups excluding carboxylic acids is 2. The van der Waals surface area contributed by atoms with Crippen molar-refractivity contribution in [1.29, 1.82) is 0 Å². The minimum atomic E-state index is -0.781. The molecule has 41 heavy (non-hydrogen) atoms. The van der Waals surface area contributed by atoms with Crippen molar-refractivity contribution in [3.05, 3.63) is 94.6 Å². The maximum Gasteiger partial charge on any atom is 0.295 e. The number of methoxy groups -OCH3 is 1. The zero-order valence-corrected chi connectivity index (χ0v) is 24.3. The molecule has 1 saturated heterocycles. The van der Waals surface area contributed by atoms with Crippen LogP contribution >= 0.6 is 0 Å². The molecular formula is C33H38N2O6. The average Bonchev–Trinajstić information content (AvgIpc) is 3.22. The summed E-state index contributed by atoms with van der Waals surface area (Å²) < 4.78 is 17.2. The van der Waals surface area contributed by atoms with E-state index < -0.39 is 17.7 Å². The van der Waals surface area contributed by atoms with Crippen molar-refractivity contribution in [3.8, 4) is 17.2 Å². The lowest BCUT2D eigenvalue weighted by Gasteiger charge is -2.26. The predicted octanol–water partition coefficient (Wildman–Crippen LogP) is 5.35. The van der Waals surface area contributed by atoms with Gasteiger partial charge in [0.15, 0.2) is 11.5 Å². The number of ether oxygens (including phenoxy) is 3. The average molecular weight is 559 g/mol. The summed E-state index contributed by atoms with van der Waals surface area (Å²) in [5.74, 6) is 0.135. The van der Waals surface area contributed by atoms with Crippen LogP contribution in [0, 0.1) is 6.92 Å². The summed E-state index contributed by atoms with van der Waals surface area (Å²) in [5.41, 5.74) is 2.96. The van der Waals surface area contributed by atoms with Gasteiger partial charge in [-0.1, -0.05) is 36.4 Å². The third kappa shape index (κ3) is 6.72. The number of nitrogens with zero attached hydrogens (tertiary/aromatic N) is 2. The summed E-state index contributed by atoms with van der Waals surface area (Å²) in [6.07, 6.45) is 0.664. The van der Waals surface area contributed by atoms with Gasteiger partial charge in [-0.05, 0) is 87.9 Å². The molecule has 1 atom stereocenters. The Hall–Kier alpha value is -4.30. The molecule has 0 bridgehead atoms. The highest BCUT2D eigenvalue weighted by Crippen LogP contribution is 2.42. The number of Topliss-reactive ketones (excluding diaryl/α,β-unsaturated/α-hetero) is 1. The van der Waals surface area contributed by atoms with Gasteiger partial charge in [0.2, 0.25) is 0 Å². The number of benzene rings is 3. The Morgan fingerprint density at radius 2 is 1.68 bits per heavy atom. The fraction of sp³-hybridized carbons (Fsp3) is 0.333.